The van der Waals surface area contributed by atoms with Gasteiger partial charge in [-0.15, -0.1) is 11.3 Å². The number of hydrogen-bond donors (Lipinski definition) is 2. The van der Waals surface area contributed by atoms with Crippen molar-refractivity contribution in [1.82, 2.24) is 20.7 Å². The number of carbonyl (C=O) groups excluding carboxylic acids is 1. The second kappa shape index (κ2) is 6.04. The van der Waals surface area contributed by atoms with Crippen LogP contribution in [0.15, 0.2) is 39.0 Å². The van der Waals surface area contributed by atoms with Crippen molar-refractivity contribution in [3.63, 3.8) is 0 Å². The minimum Gasteiger partial charge on any atom is -0.355 e. The van der Waals surface area contributed by atoms with Gasteiger partial charge in [0.15, 0.2) is 11.5 Å². The highest BCUT2D eigenvalue weighted by Crippen LogP contribution is 2.25. The molecule has 4 rings (SSSR count). The van der Waals surface area contributed by atoms with E-state index in [0.717, 1.165) is 29.0 Å². The maximum absolute atomic E-state index is 12.4. The molecular formula is C16H14N4O3S. The predicted octanol–water partition coefficient (Wildman–Crippen LogP) is 1.77. The minimum absolute atomic E-state index is 0.0458. The van der Waals surface area contributed by atoms with Crippen LogP contribution in [0.4, 0.5) is 0 Å². The fourth-order valence-corrected chi connectivity index (χ4v) is 3.51. The highest BCUT2D eigenvalue weighted by Gasteiger charge is 2.23. The zero-order valence-electron chi connectivity index (χ0n) is 12.6. The van der Waals surface area contributed by atoms with Gasteiger partial charge in [-0.25, -0.2) is 5.10 Å². The molecule has 1 aliphatic carbocycles. The van der Waals surface area contributed by atoms with Crippen LogP contribution in [0.3, 0.4) is 0 Å². The van der Waals surface area contributed by atoms with E-state index in [9.17, 15) is 9.59 Å². The summed E-state index contributed by atoms with van der Waals surface area (Å²) in [7, 11) is 0. The normalized spacial score (nSPS) is 16.6. The highest BCUT2D eigenvalue weighted by molar-refractivity contribution is 7.13. The standard InChI is InChI=1S/C16H14N4O3S/c21-15-7-9-6-10(3-4-11(9)18-19-15)17-16(22)12-8-13(23-20-12)14-2-1-5-24-14/h1-2,5,7-8,10H,3-4,6H2,(H,17,22)(H,19,21). The molecule has 8 heteroatoms. The maximum atomic E-state index is 12.4. The van der Waals surface area contributed by atoms with Crippen LogP contribution in [0.25, 0.3) is 10.6 Å². The van der Waals surface area contributed by atoms with Gasteiger partial charge in [-0.3, -0.25) is 9.59 Å². The van der Waals surface area contributed by atoms with Gasteiger partial charge in [0.1, 0.15) is 0 Å². The topological polar surface area (TPSA) is 101 Å². The molecule has 3 aromatic heterocycles. The molecule has 0 saturated heterocycles. The van der Waals surface area contributed by atoms with E-state index in [1.165, 1.54) is 11.3 Å². The van der Waals surface area contributed by atoms with Crippen molar-refractivity contribution in [1.29, 1.82) is 0 Å². The Hall–Kier alpha value is -2.74. The molecule has 0 bridgehead atoms. The first kappa shape index (κ1) is 14.8. The van der Waals surface area contributed by atoms with E-state index < -0.39 is 0 Å². The van der Waals surface area contributed by atoms with Crippen molar-refractivity contribution >= 4 is 17.2 Å². The molecule has 122 valence electrons. The number of nitrogens with one attached hydrogen (secondary N) is 2. The molecule has 0 aliphatic heterocycles. The van der Waals surface area contributed by atoms with Crippen LogP contribution >= 0.6 is 11.3 Å². The van der Waals surface area contributed by atoms with E-state index in [4.69, 9.17) is 4.52 Å². The molecule has 0 radical (unpaired) electrons. The Kier molecular flexibility index (Phi) is 3.73. The van der Waals surface area contributed by atoms with E-state index in [0.29, 0.717) is 12.2 Å². The molecule has 24 heavy (non-hydrogen) atoms. The van der Waals surface area contributed by atoms with Crippen LogP contribution in [0, 0.1) is 0 Å². The van der Waals surface area contributed by atoms with Crippen LogP contribution in [-0.2, 0) is 12.8 Å². The number of aromatic amines is 1. The molecule has 0 aromatic carbocycles. The predicted molar refractivity (Wildman–Crippen MR) is 88.0 cm³/mol. The first-order chi connectivity index (χ1) is 11.7. The van der Waals surface area contributed by atoms with Gasteiger partial charge in [-0.2, -0.15) is 5.10 Å². The first-order valence-electron chi connectivity index (χ1n) is 7.58. The summed E-state index contributed by atoms with van der Waals surface area (Å²) in [5, 5.41) is 15.2. The molecule has 0 fully saturated rings. The minimum atomic E-state index is -0.271. The molecule has 1 atom stereocenters. The number of thiophene rings is 1. The number of rotatable bonds is 3. The molecule has 1 unspecified atom stereocenters. The van der Waals surface area contributed by atoms with Crippen LogP contribution < -0.4 is 10.9 Å². The number of carbonyl (C=O) groups is 1. The molecular weight excluding hydrogens is 328 g/mol. The van der Waals surface area contributed by atoms with Crippen LogP contribution in [0.2, 0.25) is 0 Å². The maximum Gasteiger partial charge on any atom is 0.273 e. The third-order valence-electron chi connectivity index (χ3n) is 4.02. The Bertz CT molecular complexity index is 929. The number of aryl methyl sites for hydroxylation is 1. The third kappa shape index (κ3) is 2.88. The van der Waals surface area contributed by atoms with Crippen molar-refractivity contribution < 1.29 is 9.32 Å². The Morgan fingerprint density at radius 1 is 1.42 bits per heavy atom. The average molecular weight is 342 g/mol. The first-order valence-corrected chi connectivity index (χ1v) is 8.46. The Morgan fingerprint density at radius 2 is 2.33 bits per heavy atom. The van der Waals surface area contributed by atoms with Gasteiger partial charge in [0, 0.05) is 18.2 Å². The van der Waals surface area contributed by atoms with E-state index in [2.05, 4.69) is 20.7 Å². The molecule has 1 aliphatic rings. The number of fused-ring (bicyclic) bond motifs is 1. The summed E-state index contributed by atoms with van der Waals surface area (Å²) in [6.45, 7) is 0. The Balaban J connectivity index is 1.46. The molecule has 3 heterocycles. The van der Waals surface area contributed by atoms with Crippen molar-refractivity contribution in [3.05, 3.63) is 57.0 Å². The smallest absolute Gasteiger partial charge is 0.273 e. The summed E-state index contributed by atoms with van der Waals surface area (Å²) < 4.78 is 5.24. The quantitative estimate of drug-likeness (QED) is 0.755. The van der Waals surface area contributed by atoms with E-state index in [-0.39, 0.29) is 23.2 Å². The van der Waals surface area contributed by atoms with Gasteiger partial charge in [-0.1, -0.05) is 11.2 Å². The SMILES string of the molecule is O=C(NC1CCc2n[nH]c(=O)cc2C1)c1cc(-c2cccs2)on1. The Labute approximate surface area is 140 Å². The van der Waals surface area contributed by atoms with Gasteiger partial charge >= 0.3 is 0 Å². The molecule has 0 saturated carbocycles. The van der Waals surface area contributed by atoms with E-state index in [1.807, 2.05) is 17.5 Å². The molecule has 7 nitrogen and oxygen atoms in total. The number of nitrogens with zero attached hydrogens (tertiary/aromatic N) is 2. The summed E-state index contributed by atoms with van der Waals surface area (Å²) in [6.07, 6.45) is 2.08. The van der Waals surface area contributed by atoms with Gasteiger partial charge in [0.2, 0.25) is 0 Å². The van der Waals surface area contributed by atoms with Crippen LogP contribution in [0.1, 0.15) is 28.2 Å². The second-order valence-electron chi connectivity index (χ2n) is 5.67. The lowest BCUT2D eigenvalue weighted by atomic mass is 9.92. The number of hydrogen-bond acceptors (Lipinski definition) is 6. The van der Waals surface area contributed by atoms with Crippen LogP contribution in [-0.4, -0.2) is 27.3 Å². The molecule has 0 spiro atoms. The largest absolute Gasteiger partial charge is 0.355 e. The molecule has 2 N–H and O–H groups in total. The summed E-state index contributed by atoms with van der Waals surface area (Å²) in [5.74, 6) is 0.313. The number of amides is 1. The lowest BCUT2D eigenvalue weighted by molar-refractivity contribution is 0.0924. The van der Waals surface area contributed by atoms with Crippen molar-refractivity contribution in [2.75, 3.05) is 0 Å². The van der Waals surface area contributed by atoms with Crippen molar-refractivity contribution in [3.8, 4) is 10.6 Å². The van der Waals surface area contributed by atoms with E-state index >= 15 is 0 Å². The number of H-pyrrole nitrogens is 1. The zero-order valence-corrected chi connectivity index (χ0v) is 13.4. The Morgan fingerprint density at radius 3 is 3.17 bits per heavy atom. The fraction of sp³-hybridized carbons (Fsp3) is 0.250. The summed E-state index contributed by atoms with van der Waals surface area (Å²) in [6, 6.07) is 6.97. The molecule has 1 amide bonds. The van der Waals surface area contributed by atoms with Gasteiger partial charge in [0.05, 0.1) is 10.6 Å². The lowest BCUT2D eigenvalue weighted by Gasteiger charge is -2.23. The summed E-state index contributed by atoms with van der Waals surface area (Å²) >= 11 is 1.53. The summed E-state index contributed by atoms with van der Waals surface area (Å²) in [5.41, 5.74) is 1.81. The lowest BCUT2D eigenvalue weighted by Crippen LogP contribution is -2.39. The van der Waals surface area contributed by atoms with Gasteiger partial charge < -0.3 is 9.84 Å². The average Bonchev–Trinajstić information content (AvgIpc) is 3.25. The van der Waals surface area contributed by atoms with Gasteiger partial charge in [-0.05, 0) is 36.3 Å². The molecule has 3 aromatic rings. The fourth-order valence-electron chi connectivity index (χ4n) is 2.84. The van der Waals surface area contributed by atoms with Gasteiger partial charge in [0.25, 0.3) is 11.5 Å². The van der Waals surface area contributed by atoms with Crippen molar-refractivity contribution in [2.24, 2.45) is 0 Å². The monoisotopic (exact) mass is 342 g/mol. The third-order valence-corrected chi connectivity index (χ3v) is 4.90. The van der Waals surface area contributed by atoms with Crippen LogP contribution in [0.5, 0.6) is 0 Å². The second-order valence-corrected chi connectivity index (χ2v) is 6.62. The van der Waals surface area contributed by atoms with E-state index in [1.54, 1.807) is 12.1 Å². The van der Waals surface area contributed by atoms with Crippen molar-refractivity contribution in [2.45, 2.75) is 25.3 Å². The highest BCUT2D eigenvalue weighted by atomic mass is 32.1. The number of aromatic nitrogens is 3. The zero-order chi connectivity index (χ0) is 16.5. The summed E-state index contributed by atoms with van der Waals surface area (Å²) in [4.78, 5) is 24.7.